The molecule has 21 heavy (non-hydrogen) atoms. The van der Waals surface area contributed by atoms with Crippen LogP contribution in [0.4, 0.5) is 5.69 Å². The van der Waals surface area contributed by atoms with Crippen LogP contribution in [0.3, 0.4) is 0 Å². The first kappa shape index (κ1) is 16.6. The van der Waals surface area contributed by atoms with Crippen LogP contribution in [0.15, 0.2) is 18.2 Å². The zero-order valence-electron chi connectivity index (χ0n) is 12.0. The topological polar surface area (TPSA) is 52.6 Å². The number of nitrogens with zero attached hydrogens (tertiary/aromatic N) is 1. The molecule has 1 heterocycles. The summed E-state index contributed by atoms with van der Waals surface area (Å²) in [5.41, 5.74) is 0.514. The molecule has 1 saturated heterocycles. The van der Waals surface area contributed by atoms with Gasteiger partial charge in [-0.3, -0.25) is 9.69 Å². The first-order chi connectivity index (χ1) is 10.0. The van der Waals surface area contributed by atoms with E-state index >= 15 is 0 Å². The number of carbonyl (C=O) groups excluding carboxylic acids is 1. The van der Waals surface area contributed by atoms with E-state index in [1.165, 1.54) is 0 Å². The molecule has 1 fully saturated rings. The number of amides is 1. The molecular formula is C15H20Cl2N2O2. The molecule has 1 aliphatic heterocycles. The van der Waals surface area contributed by atoms with Crippen LogP contribution < -0.4 is 5.32 Å². The van der Waals surface area contributed by atoms with E-state index in [0.29, 0.717) is 21.7 Å². The number of benzene rings is 1. The Morgan fingerprint density at radius 1 is 1.48 bits per heavy atom. The van der Waals surface area contributed by atoms with Crippen molar-refractivity contribution in [3.05, 3.63) is 28.2 Å². The number of rotatable bonds is 4. The molecule has 1 aliphatic rings. The fourth-order valence-electron chi connectivity index (χ4n) is 2.79. The summed E-state index contributed by atoms with van der Waals surface area (Å²) in [6.45, 7) is 3.26. The number of carbonyl (C=O) groups is 1. The molecule has 1 amide bonds. The van der Waals surface area contributed by atoms with Crippen LogP contribution in [0.25, 0.3) is 0 Å². The smallest absolute Gasteiger partial charge is 0.238 e. The first-order valence-corrected chi connectivity index (χ1v) is 7.86. The van der Waals surface area contributed by atoms with E-state index in [1.54, 1.807) is 18.2 Å². The number of aliphatic hydroxyl groups excluding tert-OH is 1. The largest absolute Gasteiger partial charge is 0.395 e. The summed E-state index contributed by atoms with van der Waals surface area (Å²) >= 11 is 11.9. The van der Waals surface area contributed by atoms with E-state index in [0.717, 1.165) is 19.4 Å². The van der Waals surface area contributed by atoms with Crippen LogP contribution >= 0.6 is 23.2 Å². The molecule has 0 saturated carbocycles. The van der Waals surface area contributed by atoms with Crippen LogP contribution in [-0.2, 0) is 4.79 Å². The molecule has 2 unspecified atom stereocenters. The van der Waals surface area contributed by atoms with Crippen molar-refractivity contribution in [3.8, 4) is 0 Å². The highest BCUT2D eigenvalue weighted by Crippen LogP contribution is 2.26. The summed E-state index contributed by atoms with van der Waals surface area (Å²) in [5, 5.41) is 13.3. The van der Waals surface area contributed by atoms with Gasteiger partial charge in [-0.2, -0.15) is 0 Å². The van der Waals surface area contributed by atoms with E-state index < -0.39 is 0 Å². The molecule has 1 aromatic carbocycles. The number of piperidine rings is 1. The van der Waals surface area contributed by atoms with Gasteiger partial charge < -0.3 is 10.4 Å². The predicted molar refractivity (Wildman–Crippen MR) is 85.9 cm³/mol. The fraction of sp³-hybridized carbons (Fsp3) is 0.533. The van der Waals surface area contributed by atoms with E-state index in [1.807, 2.05) is 4.90 Å². The molecule has 0 radical (unpaired) electrons. The molecule has 2 rings (SSSR count). The Balaban J connectivity index is 1.99. The van der Waals surface area contributed by atoms with Crippen molar-refractivity contribution >= 4 is 34.8 Å². The van der Waals surface area contributed by atoms with Crippen LogP contribution in [0, 0.1) is 5.92 Å². The Morgan fingerprint density at radius 3 is 2.95 bits per heavy atom. The van der Waals surface area contributed by atoms with Gasteiger partial charge in [-0.1, -0.05) is 30.1 Å². The summed E-state index contributed by atoms with van der Waals surface area (Å²) in [4.78, 5) is 14.2. The van der Waals surface area contributed by atoms with E-state index in [9.17, 15) is 9.90 Å². The third-order valence-electron chi connectivity index (χ3n) is 3.97. The number of hydrogen-bond donors (Lipinski definition) is 2. The lowest BCUT2D eigenvalue weighted by molar-refractivity contribution is -0.118. The summed E-state index contributed by atoms with van der Waals surface area (Å²) in [5.74, 6) is 0.248. The molecule has 0 aromatic heterocycles. The van der Waals surface area contributed by atoms with Gasteiger partial charge in [0, 0.05) is 11.1 Å². The summed E-state index contributed by atoms with van der Waals surface area (Å²) in [7, 11) is 0. The van der Waals surface area contributed by atoms with Gasteiger partial charge in [0.05, 0.1) is 23.9 Å². The minimum absolute atomic E-state index is 0.0410. The highest BCUT2D eigenvalue weighted by atomic mass is 35.5. The minimum atomic E-state index is -0.147. The lowest BCUT2D eigenvalue weighted by Gasteiger charge is -2.38. The quantitative estimate of drug-likeness (QED) is 0.892. The van der Waals surface area contributed by atoms with Crippen molar-refractivity contribution in [3.63, 3.8) is 0 Å². The normalized spacial score (nSPS) is 23.0. The number of nitrogens with one attached hydrogen (secondary N) is 1. The van der Waals surface area contributed by atoms with Gasteiger partial charge >= 0.3 is 0 Å². The van der Waals surface area contributed by atoms with E-state index in [4.69, 9.17) is 23.2 Å². The second kappa shape index (κ2) is 7.45. The number of hydrogen-bond acceptors (Lipinski definition) is 3. The maximum absolute atomic E-state index is 12.2. The van der Waals surface area contributed by atoms with Gasteiger partial charge in [0.2, 0.25) is 5.91 Å². The van der Waals surface area contributed by atoms with Crippen molar-refractivity contribution in [1.82, 2.24) is 4.90 Å². The molecule has 1 aromatic rings. The van der Waals surface area contributed by atoms with Crippen LogP contribution in [0.5, 0.6) is 0 Å². The number of likely N-dealkylation sites (tertiary alicyclic amines) is 1. The maximum atomic E-state index is 12.2. The first-order valence-electron chi connectivity index (χ1n) is 7.11. The van der Waals surface area contributed by atoms with Crippen LogP contribution in [-0.4, -0.2) is 41.7 Å². The lowest BCUT2D eigenvalue weighted by atomic mass is 9.91. The van der Waals surface area contributed by atoms with Crippen molar-refractivity contribution in [2.45, 2.75) is 25.8 Å². The Hall–Kier alpha value is -0.810. The maximum Gasteiger partial charge on any atom is 0.238 e. The molecule has 0 aliphatic carbocycles. The molecule has 0 bridgehead atoms. The average Bonchev–Trinajstić information content (AvgIpc) is 2.43. The molecule has 6 heteroatoms. The second-order valence-corrected chi connectivity index (χ2v) is 6.36. The zero-order valence-corrected chi connectivity index (χ0v) is 13.5. The molecular weight excluding hydrogens is 311 g/mol. The zero-order chi connectivity index (χ0) is 15.4. The molecule has 4 nitrogen and oxygen atoms in total. The third kappa shape index (κ3) is 4.33. The van der Waals surface area contributed by atoms with Gasteiger partial charge in [-0.05, 0) is 43.5 Å². The number of anilines is 1. The standard InChI is InChI=1S/C15H20Cl2N2O2/c1-10-3-2-6-19(14(10)9-20)8-15(21)18-13-7-11(16)4-5-12(13)17/h4-5,7,10,14,20H,2-3,6,8-9H2,1H3,(H,18,21). The second-order valence-electron chi connectivity index (χ2n) is 5.51. The molecule has 2 N–H and O–H groups in total. The Kier molecular flexibility index (Phi) is 5.88. The molecule has 116 valence electrons. The highest BCUT2D eigenvalue weighted by Gasteiger charge is 2.29. The minimum Gasteiger partial charge on any atom is -0.395 e. The summed E-state index contributed by atoms with van der Waals surface area (Å²) in [6.07, 6.45) is 2.13. The summed E-state index contributed by atoms with van der Waals surface area (Å²) in [6, 6.07) is 5.00. The van der Waals surface area contributed by atoms with Gasteiger partial charge in [0.1, 0.15) is 0 Å². The van der Waals surface area contributed by atoms with Crippen molar-refractivity contribution < 1.29 is 9.90 Å². The van der Waals surface area contributed by atoms with E-state index in [-0.39, 0.29) is 25.1 Å². The Bertz CT molecular complexity index is 510. The Labute approximate surface area is 135 Å². The number of halogens is 2. The fourth-order valence-corrected chi connectivity index (χ4v) is 3.13. The molecule has 0 spiro atoms. The van der Waals surface area contributed by atoms with Crippen molar-refractivity contribution in [2.75, 3.05) is 25.0 Å². The Morgan fingerprint density at radius 2 is 2.24 bits per heavy atom. The number of aliphatic hydroxyl groups is 1. The van der Waals surface area contributed by atoms with E-state index in [2.05, 4.69) is 12.2 Å². The van der Waals surface area contributed by atoms with Gasteiger partial charge in [0.25, 0.3) is 0 Å². The SMILES string of the molecule is CC1CCCN(CC(=O)Nc2cc(Cl)ccc2Cl)C1CO. The van der Waals surface area contributed by atoms with Crippen molar-refractivity contribution in [2.24, 2.45) is 5.92 Å². The van der Waals surface area contributed by atoms with Gasteiger partial charge in [-0.25, -0.2) is 0 Å². The van der Waals surface area contributed by atoms with Gasteiger partial charge in [-0.15, -0.1) is 0 Å². The monoisotopic (exact) mass is 330 g/mol. The van der Waals surface area contributed by atoms with Crippen LogP contribution in [0.2, 0.25) is 10.0 Å². The highest BCUT2D eigenvalue weighted by molar-refractivity contribution is 6.35. The van der Waals surface area contributed by atoms with Crippen molar-refractivity contribution in [1.29, 1.82) is 0 Å². The third-order valence-corrected chi connectivity index (χ3v) is 4.53. The predicted octanol–water partition coefficient (Wildman–Crippen LogP) is 3.02. The average molecular weight is 331 g/mol. The lowest BCUT2D eigenvalue weighted by Crippen LogP contribution is -2.49. The van der Waals surface area contributed by atoms with Crippen LogP contribution in [0.1, 0.15) is 19.8 Å². The molecule has 2 atom stereocenters. The summed E-state index contributed by atoms with van der Waals surface area (Å²) < 4.78 is 0. The van der Waals surface area contributed by atoms with Gasteiger partial charge in [0.15, 0.2) is 0 Å².